The van der Waals surface area contributed by atoms with Crippen molar-refractivity contribution in [3.8, 4) is 11.5 Å². The van der Waals surface area contributed by atoms with Crippen LogP contribution in [0.25, 0.3) is 11.1 Å². The molecule has 0 aliphatic rings. The molecular formula is C18H18N2O4. The van der Waals surface area contributed by atoms with Gasteiger partial charge in [0.15, 0.2) is 22.8 Å². The Labute approximate surface area is 139 Å². The van der Waals surface area contributed by atoms with Crippen molar-refractivity contribution in [3.63, 3.8) is 0 Å². The van der Waals surface area contributed by atoms with Crippen LogP contribution in [0.4, 0.5) is 0 Å². The van der Waals surface area contributed by atoms with Crippen LogP contribution in [0.5, 0.6) is 11.5 Å². The van der Waals surface area contributed by atoms with Gasteiger partial charge >= 0.3 is 0 Å². The molecule has 3 aromatic rings. The molecular weight excluding hydrogens is 308 g/mol. The second-order valence-corrected chi connectivity index (χ2v) is 5.19. The molecule has 0 atom stereocenters. The second kappa shape index (κ2) is 7.04. The second-order valence-electron chi connectivity index (χ2n) is 5.19. The van der Waals surface area contributed by atoms with E-state index < -0.39 is 0 Å². The van der Waals surface area contributed by atoms with Crippen molar-refractivity contribution < 1.29 is 18.7 Å². The van der Waals surface area contributed by atoms with Crippen LogP contribution in [0.1, 0.15) is 16.1 Å². The van der Waals surface area contributed by atoms with Gasteiger partial charge in [-0.2, -0.15) is 0 Å². The van der Waals surface area contributed by atoms with Crippen molar-refractivity contribution in [2.45, 2.75) is 6.42 Å². The van der Waals surface area contributed by atoms with Gasteiger partial charge in [0.25, 0.3) is 5.91 Å². The molecule has 6 nitrogen and oxygen atoms in total. The van der Waals surface area contributed by atoms with Gasteiger partial charge in [-0.1, -0.05) is 6.07 Å². The van der Waals surface area contributed by atoms with Crippen molar-refractivity contribution in [2.24, 2.45) is 0 Å². The molecule has 0 unspecified atom stereocenters. The minimum absolute atomic E-state index is 0.256. The van der Waals surface area contributed by atoms with E-state index in [1.54, 1.807) is 38.6 Å². The third-order valence-electron chi connectivity index (χ3n) is 3.66. The predicted octanol–water partition coefficient (Wildman–Crippen LogP) is 2.82. The summed E-state index contributed by atoms with van der Waals surface area (Å²) in [7, 11) is 3.19. The van der Waals surface area contributed by atoms with E-state index >= 15 is 0 Å². The number of hydrogen-bond donors (Lipinski definition) is 1. The van der Waals surface area contributed by atoms with Crippen molar-refractivity contribution in [3.05, 3.63) is 53.9 Å². The lowest BCUT2D eigenvalue weighted by Gasteiger charge is -2.09. The van der Waals surface area contributed by atoms with Crippen LogP contribution in [0.3, 0.4) is 0 Å². The zero-order valence-corrected chi connectivity index (χ0v) is 13.5. The standard InChI is InChI=1S/C18H18N2O4/c1-22-15-6-5-12(10-16(15)23-2)7-9-20-18(21)17-11-13-14(24-17)4-3-8-19-13/h3-6,8,10-11H,7,9H2,1-2H3,(H,20,21). The number of rotatable bonds is 6. The van der Waals surface area contributed by atoms with Gasteiger partial charge in [0.05, 0.1) is 14.2 Å². The monoisotopic (exact) mass is 326 g/mol. The van der Waals surface area contributed by atoms with Gasteiger partial charge < -0.3 is 19.2 Å². The molecule has 1 aromatic carbocycles. The Hall–Kier alpha value is -3.02. The third kappa shape index (κ3) is 3.32. The van der Waals surface area contributed by atoms with Crippen molar-refractivity contribution >= 4 is 17.0 Å². The van der Waals surface area contributed by atoms with Crippen molar-refractivity contribution in [1.82, 2.24) is 10.3 Å². The first kappa shape index (κ1) is 15.9. The molecule has 124 valence electrons. The lowest BCUT2D eigenvalue weighted by Crippen LogP contribution is -2.25. The number of benzene rings is 1. The van der Waals surface area contributed by atoms with E-state index in [0.29, 0.717) is 35.6 Å². The molecule has 0 saturated heterocycles. The van der Waals surface area contributed by atoms with Crippen LogP contribution >= 0.6 is 0 Å². The highest BCUT2D eigenvalue weighted by atomic mass is 16.5. The first-order valence-electron chi connectivity index (χ1n) is 7.55. The fourth-order valence-electron chi connectivity index (χ4n) is 2.43. The Balaban J connectivity index is 1.60. The van der Waals surface area contributed by atoms with Gasteiger partial charge in [0.1, 0.15) is 5.52 Å². The van der Waals surface area contributed by atoms with Crippen LogP contribution in [0, 0.1) is 0 Å². The lowest BCUT2D eigenvalue weighted by atomic mass is 10.1. The highest BCUT2D eigenvalue weighted by Gasteiger charge is 2.12. The molecule has 0 aliphatic carbocycles. The van der Waals surface area contributed by atoms with E-state index in [2.05, 4.69) is 10.3 Å². The number of methoxy groups -OCH3 is 2. The zero-order valence-electron chi connectivity index (χ0n) is 13.5. The number of aromatic nitrogens is 1. The number of nitrogens with zero attached hydrogens (tertiary/aromatic N) is 1. The van der Waals surface area contributed by atoms with Gasteiger partial charge in [-0.25, -0.2) is 0 Å². The SMILES string of the molecule is COc1ccc(CCNC(=O)c2cc3ncccc3o2)cc1OC. The topological polar surface area (TPSA) is 73.6 Å². The highest BCUT2D eigenvalue weighted by molar-refractivity contribution is 5.95. The summed E-state index contributed by atoms with van der Waals surface area (Å²) < 4.78 is 16.0. The first-order valence-corrected chi connectivity index (χ1v) is 7.55. The van der Waals surface area contributed by atoms with Gasteiger partial charge in [-0.15, -0.1) is 0 Å². The average molecular weight is 326 g/mol. The summed E-state index contributed by atoms with van der Waals surface area (Å²) in [6.45, 7) is 0.485. The molecule has 0 aliphatic heterocycles. The minimum Gasteiger partial charge on any atom is -0.493 e. The number of hydrogen-bond acceptors (Lipinski definition) is 5. The van der Waals surface area contributed by atoms with Crippen LogP contribution in [-0.2, 0) is 6.42 Å². The van der Waals surface area contributed by atoms with E-state index in [0.717, 1.165) is 5.56 Å². The van der Waals surface area contributed by atoms with E-state index in [-0.39, 0.29) is 11.7 Å². The van der Waals surface area contributed by atoms with Crippen LogP contribution in [0.2, 0.25) is 0 Å². The summed E-state index contributed by atoms with van der Waals surface area (Å²) in [5.74, 6) is 1.36. The van der Waals surface area contributed by atoms with Crippen LogP contribution in [0.15, 0.2) is 47.0 Å². The fraction of sp³-hybridized carbons (Fsp3) is 0.222. The quantitative estimate of drug-likeness (QED) is 0.754. The number of carbonyl (C=O) groups is 1. The highest BCUT2D eigenvalue weighted by Crippen LogP contribution is 2.27. The Morgan fingerprint density at radius 3 is 2.75 bits per heavy atom. The smallest absolute Gasteiger partial charge is 0.287 e. The Kier molecular flexibility index (Phi) is 4.65. The van der Waals surface area contributed by atoms with E-state index in [9.17, 15) is 4.79 Å². The largest absolute Gasteiger partial charge is 0.493 e. The normalized spacial score (nSPS) is 10.6. The first-order chi connectivity index (χ1) is 11.7. The molecule has 24 heavy (non-hydrogen) atoms. The summed E-state index contributed by atoms with van der Waals surface area (Å²) in [6.07, 6.45) is 2.33. The minimum atomic E-state index is -0.256. The van der Waals surface area contributed by atoms with Crippen molar-refractivity contribution in [1.29, 1.82) is 0 Å². The van der Waals surface area contributed by atoms with E-state index in [1.807, 2.05) is 18.2 Å². The molecule has 2 aromatic heterocycles. The van der Waals surface area contributed by atoms with Gasteiger partial charge in [-0.3, -0.25) is 9.78 Å². The number of carbonyl (C=O) groups excluding carboxylic acids is 1. The molecule has 0 fully saturated rings. The Bertz CT molecular complexity index is 824. The number of pyridine rings is 1. The number of furan rings is 1. The maximum absolute atomic E-state index is 12.2. The van der Waals surface area contributed by atoms with Crippen LogP contribution in [-0.4, -0.2) is 31.7 Å². The number of nitrogens with one attached hydrogen (secondary N) is 1. The van der Waals surface area contributed by atoms with Crippen LogP contribution < -0.4 is 14.8 Å². The summed E-state index contributed by atoms with van der Waals surface area (Å²) in [5, 5.41) is 2.84. The molecule has 0 saturated carbocycles. The number of amides is 1. The van der Waals surface area contributed by atoms with Crippen molar-refractivity contribution in [2.75, 3.05) is 20.8 Å². The zero-order chi connectivity index (χ0) is 16.9. The molecule has 0 bridgehead atoms. The molecule has 3 rings (SSSR count). The lowest BCUT2D eigenvalue weighted by molar-refractivity contribution is 0.0928. The van der Waals surface area contributed by atoms with E-state index in [4.69, 9.17) is 13.9 Å². The fourth-order valence-corrected chi connectivity index (χ4v) is 2.43. The molecule has 2 heterocycles. The summed E-state index contributed by atoms with van der Waals surface area (Å²) >= 11 is 0. The van der Waals surface area contributed by atoms with Gasteiger partial charge in [-0.05, 0) is 36.2 Å². The Morgan fingerprint density at radius 1 is 1.17 bits per heavy atom. The molecule has 1 amide bonds. The summed E-state index contributed by atoms with van der Waals surface area (Å²) in [6, 6.07) is 10.9. The molecule has 0 radical (unpaired) electrons. The number of fused-ring (bicyclic) bond motifs is 1. The Morgan fingerprint density at radius 2 is 2.00 bits per heavy atom. The van der Waals surface area contributed by atoms with E-state index in [1.165, 1.54) is 0 Å². The predicted molar refractivity (Wildman–Crippen MR) is 89.6 cm³/mol. The van der Waals surface area contributed by atoms with Gasteiger partial charge in [0, 0.05) is 18.8 Å². The maximum Gasteiger partial charge on any atom is 0.287 e. The average Bonchev–Trinajstić information content (AvgIpc) is 3.05. The third-order valence-corrected chi connectivity index (χ3v) is 3.66. The summed E-state index contributed by atoms with van der Waals surface area (Å²) in [4.78, 5) is 16.3. The summed E-state index contributed by atoms with van der Waals surface area (Å²) in [5.41, 5.74) is 2.31. The number of ether oxygens (including phenoxy) is 2. The molecule has 6 heteroatoms. The molecule has 0 spiro atoms. The maximum atomic E-state index is 12.2. The molecule has 1 N–H and O–H groups in total. The van der Waals surface area contributed by atoms with Gasteiger partial charge in [0.2, 0.25) is 0 Å².